The van der Waals surface area contributed by atoms with Gasteiger partial charge in [-0.3, -0.25) is 0 Å². The van der Waals surface area contributed by atoms with Crippen LogP contribution in [0.5, 0.6) is 0 Å². The molecule has 8 aromatic carbocycles. The van der Waals surface area contributed by atoms with Crippen molar-refractivity contribution >= 4 is 96.9 Å². The summed E-state index contributed by atoms with van der Waals surface area (Å²) in [5.74, 6) is 0. The SMILES string of the molecule is c1ccc(-n2c3ccccc3c3cc(-n4c5ccccc5c5ccc6c7ccc8c9ccccc9n(-c9ccccc9)c8c7sc6c54)ccc32)cc1. The minimum absolute atomic E-state index is 1.17. The van der Waals surface area contributed by atoms with Crippen LogP contribution in [0.25, 0.3) is 103 Å². The molecule has 12 aromatic rings. The molecule has 0 spiro atoms. The lowest BCUT2D eigenvalue weighted by Gasteiger charge is -2.10. The van der Waals surface area contributed by atoms with Crippen LogP contribution in [0.4, 0.5) is 0 Å². The summed E-state index contributed by atoms with van der Waals surface area (Å²) in [7, 11) is 0. The van der Waals surface area contributed by atoms with Crippen molar-refractivity contribution < 1.29 is 0 Å². The van der Waals surface area contributed by atoms with E-state index in [1.165, 1.54) is 103 Å². The number of para-hydroxylation sites is 5. The smallest absolute Gasteiger partial charge is 0.0719 e. The molecule has 52 heavy (non-hydrogen) atoms. The Balaban J connectivity index is 1.21. The molecule has 0 aliphatic carbocycles. The lowest BCUT2D eigenvalue weighted by Crippen LogP contribution is -1.95. The van der Waals surface area contributed by atoms with Crippen molar-refractivity contribution in [3.8, 4) is 17.1 Å². The number of thiophene rings is 1. The Hall–Kier alpha value is -6.62. The first kappa shape index (κ1) is 28.1. The summed E-state index contributed by atoms with van der Waals surface area (Å²) in [6.45, 7) is 0. The van der Waals surface area contributed by atoms with Gasteiger partial charge in [-0.15, -0.1) is 11.3 Å². The summed E-state index contributed by atoms with van der Waals surface area (Å²) in [4.78, 5) is 0. The molecule has 0 saturated heterocycles. The zero-order chi connectivity index (χ0) is 33.9. The first-order valence-electron chi connectivity index (χ1n) is 17.8. The van der Waals surface area contributed by atoms with Crippen LogP contribution in [0.1, 0.15) is 0 Å². The maximum Gasteiger partial charge on any atom is 0.0719 e. The van der Waals surface area contributed by atoms with Gasteiger partial charge in [-0.25, -0.2) is 0 Å². The Bertz CT molecular complexity index is 3390. The van der Waals surface area contributed by atoms with Crippen molar-refractivity contribution in [2.45, 2.75) is 0 Å². The minimum atomic E-state index is 1.17. The van der Waals surface area contributed by atoms with E-state index in [1.54, 1.807) is 0 Å². The minimum Gasteiger partial charge on any atom is -0.309 e. The Kier molecular flexibility index (Phi) is 5.65. The summed E-state index contributed by atoms with van der Waals surface area (Å²) in [6.07, 6.45) is 0. The molecule has 0 aliphatic rings. The number of aromatic nitrogens is 3. The van der Waals surface area contributed by atoms with Gasteiger partial charge < -0.3 is 13.7 Å². The molecule has 0 saturated carbocycles. The monoisotopic (exact) mass is 679 g/mol. The van der Waals surface area contributed by atoms with Gasteiger partial charge in [-0.05, 0) is 60.7 Å². The van der Waals surface area contributed by atoms with Crippen LogP contribution in [-0.2, 0) is 0 Å². The number of hydrogen-bond donors (Lipinski definition) is 0. The van der Waals surface area contributed by atoms with Gasteiger partial charge in [0.2, 0.25) is 0 Å². The van der Waals surface area contributed by atoms with Crippen molar-refractivity contribution in [3.05, 3.63) is 176 Å². The summed E-state index contributed by atoms with van der Waals surface area (Å²) in [6, 6.07) is 64.4. The molecule has 0 bridgehead atoms. The standard InChI is InChI=1S/C48H29N3S/c1-3-13-30(14-4-1)49-41-20-10-9-19-35(41)40-29-32(23-28-44(40)49)51-43-22-12-8-18-34(43)37-25-27-39-38-26-24-36-33-17-7-11-21-42(33)50(31-15-5-2-6-16-31)45(36)47(38)52-48(39)46(37)51/h1-29H. The van der Waals surface area contributed by atoms with E-state index in [2.05, 4.69) is 190 Å². The van der Waals surface area contributed by atoms with E-state index < -0.39 is 0 Å². The number of hydrogen-bond acceptors (Lipinski definition) is 1. The summed E-state index contributed by atoms with van der Waals surface area (Å²) < 4.78 is 10.00. The first-order valence-corrected chi connectivity index (χ1v) is 18.6. The largest absolute Gasteiger partial charge is 0.309 e. The molecular weight excluding hydrogens is 651 g/mol. The van der Waals surface area contributed by atoms with E-state index in [4.69, 9.17) is 0 Å². The molecule has 3 nitrogen and oxygen atoms in total. The quantitative estimate of drug-likeness (QED) is 0.177. The average molecular weight is 680 g/mol. The van der Waals surface area contributed by atoms with Crippen LogP contribution in [0.15, 0.2) is 176 Å². The predicted molar refractivity (Wildman–Crippen MR) is 222 cm³/mol. The average Bonchev–Trinajstić information content (AvgIpc) is 3.95. The van der Waals surface area contributed by atoms with Crippen LogP contribution in [-0.4, -0.2) is 13.7 Å². The van der Waals surface area contributed by atoms with Crippen molar-refractivity contribution in [2.75, 3.05) is 0 Å². The van der Waals surface area contributed by atoms with Gasteiger partial charge in [-0.2, -0.15) is 0 Å². The topological polar surface area (TPSA) is 14.8 Å². The van der Waals surface area contributed by atoms with Crippen LogP contribution in [0, 0.1) is 0 Å². The number of rotatable bonds is 3. The lowest BCUT2D eigenvalue weighted by atomic mass is 10.1. The molecule has 0 N–H and O–H groups in total. The van der Waals surface area contributed by atoms with Crippen LogP contribution < -0.4 is 0 Å². The number of nitrogens with zero attached hydrogens (tertiary/aromatic N) is 3. The Labute approximate surface area is 302 Å². The van der Waals surface area contributed by atoms with Gasteiger partial charge in [0.1, 0.15) is 0 Å². The molecule has 0 radical (unpaired) electrons. The number of fused-ring (bicyclic) bond motifs is 14. The maximum absolute atomic E-state index is 2.51. The van der Waals surface area contributed by atoms with E-state index in [0.717, 1.165) is 0 Å². The summed E-state index contributed by atoms with van der Waals surface area (Å²) in [5.41, 5.74) is 10.9. The zero-order valence-electron chi connectivity index (χ0n) is 28.0. The highest BCUT2D eigenvalue weighted by molar-refractivity contribution is 7.27. The van der Waals surface area contributed by atoms with Crippen molar-refractivity contribution in [1.29, 1.82) is 0 Å². The highest BCUT2D eigenvalue weighted by Crippen LogP contribution is 2.47. The molecule has 4 heteroatoms. The molecule has 0 fully saturated rings. The van der Waals surface area contributed by atoms with Gasteiger partial charge in [-0.1, -0.05) is 115 Å². The third-order valence-electron chi connectivity index (χ3n) is 11.0. The predicted octanol–water partition coefficient (Wildman–Crippen LogP) is 13.3. The molecule has 4 aromatic heterocycles. The Morgan fingerprint density at radius 3 is 1.23 bits per heavy atom. The van der Waals surface area contributed by atoms with Crippen LogP contribution in [0.3, 0.4) is 0 Å². The molecule has 4 heterocycles. The van der Waals surface area contributed by atoms with Crippen LogP contribution in [0.2, 0.25) is 0 Å². The number of benzene rings is 8. The van der Waals surface area contributed by atoms with Crippen LogP contribution >= 0.6 is 11.3 Å². The Morgan fingerprint density at radius 1 is 0.269 bits per heavy atom. The molecule has 0 amide bonds. The van der Waals surface area contributed by atoms with Gasteiger partial charge >= 0.3 is 0 Å². The molecule has 0 unspecified atom stereocenters. The van der Waals surface area contributed by atoms with Gasteiger partial charge in [0, 0.05) is 60.2 Å². The fourth-order valence-corrected chi connectivity index (χ4v) is 10.2. The Morgan fingerprint density at radius 2 is 0.673 bits per heavy atom. The fourth-order valence-electron chi connectivity index (χ4n) is 8.86. The molecule has 242 valence electrons. The fraction of sp³-hybridized carbons (Fsp3) is 0. The van der Waals surface area contributed by atoms with E-state index >= 15 is 0 Å². The van der Waals surface area contributed by atoms with E-state index in [-0.39, 0.29) is 0 Å². The molecule has 0 atom stereocenters. The van der Waals surface area contributed by atoms with Gasteiger partial charge in [0.25, 0.3) is 0 Å². The molecule has 12 rings (SSSR count). The highest BCUT2D eigenvalue weighted by atomic mass is 32.1. The van der Waals surface area contributed by atoms with Gasteiger partial charge in [0.15, 0.2) is 0 Å². The van der Waals surface area contributed by atoms with Crippen molar-refractivity contribution in [2.24, 2.45) is 0 Å². The second kappa shape index (κ2) is 10.5. The van der Waals surface area contributed by atoms with E-state index in [9.17, 15) is 0 Å². The second-order valence-corrected chi connectivity index (χ2v) is 14.7. The third-order valence-corrected chi connectivity index (χ3v) is 12.3. The summed E-state index contributed by atoms with van der Waals surface area (Å²) >= 11 is 1.93. The van der Waals surface area contributed by atoms with Gasteiger partial charge in [0.05, 0.1) is 42.5 Å². The zero-order valence-corrected chi connectivity index (χ0v) is 28.8. The van der Waals surface area contributed by atoms with E-state index in [0.29, 0.717) is 0 Å². The third kappa shape index (κ3) is 3.69. The molecular formula is C48H29N3S. The second-order valence-electron chi connectivity index (χ2n) is 13.7. The summed E-state index contributed by atoms with van der Waals surface area (Å²) in [5, 5.41) is 10.2. The normalized spacial score (nSPS) is 12.2. The van der Waals surface area contributed by atoms with Crippen molar-refractivity contribution in [3.63, 3.8) is 0 Å². The highest BCUT2D eigenvalue weighted by Gasteiger charge is 2.22. The van der Waals surface area contributed by atoms with Crippen molar-refractivity contribution in [1.82, 2.24) is 13.7 Å². The lowest BCUT2D eigenvalue weighted by molar-refractivity contribution is 1.17. The van der Waals surface area contributed by atoms with E-state index in [1.807, 2.05) is 11.3 Å². The molecule has 0 aliphatic heterocycles. The maximum atomic E-state index is 2.51. The first-order chi connectivity index (χ1) is 25.8.